The predicted molar refractivity (Wildman–Crippen MR) is 65.8 cm³/mol. The topological polar surface area (TPSA) is 29.1 Å². The number of hydrogen-bond acceptors (Lipinski definition) is 1. The van der Waals surface area contributed by atoms with Crippen LogP contribution in [0.1, 0.15) is 10.4 Å². The lowest BCUT2D eigenvalue weighted by Crippen LogP contribution is -2.13. The Labute approximate surface area is 107 Å². The summed E-state index contributed by atoms with van der Waals surface area (Å²) in [6.07, 6.45) is 0. The molecular weight excluding hydrogens is 260 g/mol. The number of hydrogen-bond donors (Lipinski definition) is 1. The summed E-state index contributed by atoms with van der Waals surface area (Å²) in [7, 11) is 0. The summed E-state index contributed by atoms with van der Waals surface area (Å²) in [6, 6.07) is 9.12. The first kappa shape index (κ1) is 12.5. The summed E-state index contributed by atoms with van der Waals surface area (Å²) in [5.41, 5.74) is 0.0612. The molecule has 5 heteroatoms. The van der Waals surface area contributed by atoms with Crippen LogP contribution in [0.25, 0.3) is 0 Å². The Kier molecular flexibility index (Phi) is 3.58. The van der Waals surface area contributed by atoms with E-state index in [2.05, 4.69) is 5.32 Å². The van der Waals surface area contributed by atoms with Crippen molar-refractivity contribution in [2.75, 3.05) is 5.32 Å². The van der Waals surface area contributed by atoms with Crippen molar-refractivity contribution in [2.24, 2.45) is 0 Å². The first-order valence-corrected chi connectivity index (χ1v) is 5.46. The normalized spacial score (nSPS) is 10.2. The Bertz CT molecular complexity index is 581. The molecule has 2 rings (SSSR count). The highest BCUT2D eigenvalue weighted by Gasteiger charge is 2.11. The average Bonchev–Trinajstić information content (AvgIpc) is 2.27. The van der Waals surface area contributed by atoms with Gasteiger partial charge in [-0.15, -0.1) is 0 Å². The Hall–Kier alpha value is -1.94. The van der Waals surface area contributed by atoms with Crippen molar-refractivity contribution in [1.82, 2.24) is 0 Å². The van der Waals surface area contributed by atoms with Crippen LogP contribution in [-0.2, 0) is 0 Å². The van der Waals surface area contributed by atoms with Crippen LogP contribution in [0, 0.1) is 11.6 Å². The summed E-state index contributed by atoms with van der Waals surface area (Å²) in [5, 5.41) is 2.53. The number of carbonyl (C=O) groups excluding carboxylic acids is 1. The number of benzene rings is 2. The molecule has 0 unspecified atom stereocenters. The minimum atomic E-state index is -0.658. The lowest BCUT2D eigenvalue weighted by molar-refractivity contribution is 0.102. The van der Waals surface area contributed by atoms with Crippen molar-refractivity contribution < 1.29 is 13.6 Å². The molecule has 0 heterocycles. The van der Waals surface area contributed by atoms with Gasteiger partial charge in [0, 0.05) is 10.7 Å². The van der Waals surface area contributed by atoms with E-state index >= 15 is 0 Å². The fraction of sp³-hybridized carbons (Fsp3) is 0. The molecule has 2 aromatic carbocycles. The second-order valence-electron chi connectivity index (χ2n) is 3.59. The van der Waals surface area contributed by atoms with Gasteiger partial charge in [-0.05, 0) is 30.3 Å². The minimum Gasteiger partial charge on any atom is -0.322 e. The molecule has 0 radical (unpaired) electrons. The van der Waals surface area contributed by atoms with Crippen LogP contribution < -0.4 is 5.32 Å². The zero-order valence-corrected chi connectivity index (χ0v) is 9.84. The molecule has 2 nitrogen and oxygen atoms in total. The Morgan fingerprint density at radius 1 is 1.11 bits per heavy atom. The number of anilines is 1. The van der Waals surface area contributed by atoms with Gasteiger partial charge in [0.1, 0.15) is 11.6 Å². The van der Waals surface area contributed by atoms with E-state index in [0.29, 0.717) is 0 Å². The molecule has 0 atom stereocenters. The lowest BCUT2D eigenvalue weighted by Gasteiger charge is -2.06. The summed E-state index contributed by atoms with van der Waals surface area (Å²) >= 11 is 5.65. The fourth-order valence-corrected chi connectivity index (χ4v) is 1.69. The molecule has 1 amide bonds. The van der Waals surface area contributed by atoms with Crippen molar-refractivity contribution in [3.8, 4) is 0 Å². The summed E-state index contributed by atoms with van der Waals surface area (Å²) in [4.78, 5) is 11.7. The summed E-state index contributed by atoms with van der Waals surface area (Å²) in [5.74, 6) is -1.88. The molecule has 0 aliphatic heterocycles. The van der Waals surface area contributed by atoms with Gasteiger partial charge in [-0.3, -0.25) is 4.79 Å². The van der Waals surface area contributed by atoms with E-state index in [1.165, 1.54) is 30.3 Å². The van der Waals surface area contributed by atoms with Crippen LogP contribution in [0.4, 0.5) is 14.5 Å². The summed E-state index contributed by atoms with van der Waals surface area (Å²) in [6.45, 7) is 0. The van der Waals surface area contributed by atoms with Gasteiger partial charge >= 0.3 is 0 Å². The number of halogens is 3. The van der Waals surface area contributed by atoms with Crippen molar-refractivity contribution >= 4 is 23.2 Å². The maximum atomic E-state index is 13.3. The van der Waals surface area contributed by atoms with Gasteiger partial charge in [-0.2, -0.15) is 0 Å². The smallest absolute Gasteiger partial charge is 0.258 e. The number of amides is 1. The van der Waals surface area contributed by atoms with Gasteiger partial charge in [0.2, 0.25) is 0 Å². The first-order chi connectivity index (χ1) is 8.56. The second kappa shape index (κ2) is 5.14. The molecular formula is C13H8ClF2NO. The molecule has 0 aliphatic rings. The Balaban J connectivity index is 2.24. The molecule has 0 aromatic heterocycles. The van der Waals surface area contributed by atoms with Crippen LogP contribution in [0.3, 0.4) is 0 Å². The highest BCUT2D eigenvalue weighted by atomic mass is 35.5. The van der Waals surface area contributed by atoms with Gasteiger partial charge in [-0.25, -0.2) is 8.78 Å². The van der Waals surface area contributed by atoms with Gasteiger partial charge in [0.25, 0.3) is 5.91 Å². The van der Waals surface area contributed by atoms with Crippen LogP contribution in [0.5, 0.6) is 0 Å². The molecule has 18 heavy (non-hydrogen) atoms. The van der Waals surface area contributed by atoms with Crippen molar-refractivity contribution in [3.63, 3.8) is 0 Å². The van der Waals surface area contributed by atoms with Crippen molar-refractivity contribution in [2.45, 2.75) is 0 Å². The van der Waals surface area contributed by atoms with E-state index in [1.54, 1.807) is 0 Å². The largest absolute Gasteiger partial charge is 0.322 e. The van der Waals surface area contributed by atoms with Crippen LogP contribution >= 0.6 is 11.6 Å². The number of carbonyl (C=O) groups is 1. The molecule has 2 aromatic rings. The monoisotopic (exact) mass is 267 g/mol. The molecule has 0 saturated carbocycles. The maximum absolute atomic E-state index is 13.3. The van der Waals surface area contributed by atoms with Crippen molar-refractivity contribution in [1.29, 1.82) is 0 Å². The van der Waals surface area contributed by atoms with E-state index in [1.807, 2.05) is 0 Å². The lowest BCUT2D eigenvalue weighted by atomic mass is 10.2. The van der Waals surface area contributed by atoms with Gasteiger partial charge in [0.05, 0.1) is 5.56 Å². The Morgan fingerprint density at radius 3 is 2.50 bits per heavy atom. The molecule has 0 saturated heterocycles. The molecule has 0 spiro atoms. The zero-order valence-electron chi connectivity index (χ0n) is 9.08. The van der Waals surface area contributed by atoms with Gasteiger partial charge in [0.15, 0.2) is 0 Å². The van der Waals surface area contributed by atoms with E-state index in [-0.39, 0.29) is 16.3 Å². The number of nitrogens with one attached hydrogen (secondary N) is 1. The first-order valence-electron chi connectivity index (χ1n) is 5.08. The zero-order chi connectivity index (χ0) is 13.1. The van der Waals surface area contributed by atoms with Crippen LogP contribution in [-0.4, -0.2) is 5.91 Å². The summed E-state index contributed by atoms with van der Waals surface area (Å²) < 4.78 is 26.4. The minimum absolute atomic E-state index is 0.113. The standard InChI is InChI=1S/C13H8ClF2NO/c14-8-5-9(15)7-10(6-8)17-13(18)11-3-1-2-4-12(11)16/h1-7H,(H,17,18). The average molecular weight is 268 g/mol. The van der Waals surface area contributed by atoms with E-state index in [9.17, 15) is 13.6 Å². The van der Waals surface area contributed by atoms with Gasteiger partial charge < -0.3 is 5.32 Å². The third-order valence-corrected chi connectivity index (χ3v) is 2.46. The highest BCUT2D eigenvalue weighted by molar-refractivity contribution is 6.31. The Morgan fingerprint density at radius 2 is 1.83 bits per heavy atom. The third kappa shape index (κ3) is 2.84. The van der Waals surface area contributed by atoms with Crippen LogP contribution in [0.2, 0.25) is 5.02 Å². The molecule has 1 N–H and O–H groups in total. The molecule has 92 valence electrons. The predicted octanol–water partition coefficient (Wildman–Crippen LogP) is 3.87. The fourth-order valence-electron chi connectivity index (χ4n) is 1.47. The number of rotatable bonds is 2. The quantitative estimate of drug-likeness (QED) is 0.879. The SMILES string of the molecule is O=C(Nc1cc(F)cc(Cl)c1)c1ccccc1F. The van der Waals surface area contributed by atoms with Gasteiger partial charge in [-0.1, -0.05) is 23.7 Å². The molecule has 0 fully saturated rings. The van der Waals surface area contributed by atoms with E-state index in [4.69, 9.17) is 11.6 Å². The second-order valence-corrected chi connectivity index (χ2v) is 4.03. The molecule has 0 bridgehead atoms. The third-order valence-electron chi connectivity index (χ3n) is 2.24. The highest BCUT2D eigenvalue weighted by Crippen LogP contribution is 2.19. The van der Waals surface area contributed by atoms with E-state index in [0.717, 1.165) is 12.1 Å². The van der Waals surface area contributed by atoms with Crippen molar-refractivity contribution in [3.05, 3.63) is 64.7 Å². The maximum Gasteiger partial charge on any atom is 0.258 e. The van der Waals surface area contributed by atoms with Crippen LogP contribution in [0.15, 0.2) is 42.5 Å². The molecule has 0 aliphatic carbocycles. The van der Waals surface area contributed by atoms with E-state index < -0.39 is 17.5 Å².